The van der Waals surface area contributed by atoms with E-state index in [0.29, 0.717) is 31.0 Å². The highest BCUT2D eigenvalue weighted by Crippen LogP contribution is 2.41. The molecule has 0 amide bonds. The van der Waals surface area contributed by atoms with Gasteiger partial charge in [0.15, 0.2) is 0 Å². The van der Waals surface area contributed by atoms with Gasteiger partial charge in [-0.05, 0) is 43.4 Å². The second-order valence-corrected chi connectivity index (χ2v) is 10.3. The van der Waals surface area contributed by atoms with Crippen LogP contribution in [0.4, 0.5) is 0 Å². The van der Waals surface area contributed by atoms with Crippen molar-refractivity contribution in [3.05, 3.63) is 29.3 Å². The molecule has 4 aliphatic rings. The Labute approximate surface area is 163 Å². The molecule has 0 unspecified atom stereocenters. The molecular formula is C21H29NO4S. The van der Waals surface area contributed by atoms with E-state index in [0.717, 1.165) is 48.8 Å². The Morgan fingerprint density at radius 3 is 2.52 bits per heavy atom. The van der Waals surface area contributed by atoms with Gasteiger partial charge >= 0.3 is 0 Å². The average molecular weight is 392 g/mol. The van der Waals surface area contributed by atoms with Crippen molar-refractivity contribution in [2.24, 2.45) is 0 Å². The molecule has 1 aromatic carbocycles. The van der Waals surface area contributed by atoms with Crippen LogP contribution in [0, 0.1) is 0 Å². The quantitative estimate of drug-likeness (QED) is 0.840. The first-order valence-electron chi connectivity index (χ1n) is 10.3. The van der Waals surface area contributed by atoms with Gasteiger partial charge in [-0.3, -0.25) is 9.11 Å². The number of benzene rings is 1. The molecule has 5 nitrogen and oxygen atoms in total. The number of piperidine rings is 1. The standard InChI is InChI=1S/C21H29NO4S/c23-20(8-12-27(24)13-9-20)17-4-5-19-16(14-17)15-25-21(26-19)6-10-22(11-7-21)18-2-1-3-18/h4-5,14,18,23H,1-3,6-13,15H2. The van der Waals surface area contributed by atoms with Gasteiger partial charge in [-0.15, -0.1) is 0 Å². The van der Waals surface area contributed by atoms with E-state index in [1.54, 1.807) is 0 Å². The van der Waals surface area contributed by atoms with E-state index < -0.39 is 22.2 Å². The minimum atomic E-state index is -0.869. The molecule has 148 valence electrons. The summed E-state index contributed by atoms with van der Waals surface area (Å²) >= 11 is 0. The molecule has 0 aromatic heterocycles. The van der Waals surface area contributed by atoms with Crippen molar-refractivity contribution in [2.45, 2.75) is 69.0 Å². The van der Waals surface area contributed by atoms with Crippen LogP contribution in [-0.2, 0) is 27.7 Å². The normalized spacial score (nSPS) is 33.9. The highest BCUT2D eigenvalue weighted by Gasteiger charge is 2.43. The summed E-state index contributed by atoms with van der Waals surface area (Å²) in [5, 5.41) is 11.0. The third-order valence-electron chi connectivity index (χ3n) is 7.02. The molecule has 27 heavy (non-hydrogen) atoms. The fourth-order valence-corrected chi connectivity index (χ4v) is 6.16. The van der Waals surface area contributed by atoms with Gasteiger partial charge in [0, 0.05) is 59.8 Å². The topological polar surface area (TPSA) is 59.0 Å². The minimum Gasteiger partial charge on any atom is -0.462 e. The molecule has 0 bridgehead atoms. The number of likely N-dealkylation sites (tertiary alicyclic amines) is 1. The van der Waals surface area contributed by atoms with E-state index in [2.05, 4.69) is 4.90 Å². The highest BCUT2D eigenvalue weighted by atomic mass is 32.2. The Hall–Kier alpha value is -0.950. The third kappa shape index (κ3) is 3.35. The number of ether oxygens (including phenoxy) is 2. The van der Waals surface area contributed by atoms with E-state index in [1.165, 1.54) is 19.3 Å². The van der Waals surface area contributed by atoms with Crippen molar-refractivity contribution in [1.82, 2.24) is 4.90 Å². The Morgan fingerprint density at radius 1 is 1.11 bits per heavy atom. The maximum Gasteiger partial charge on any atom is 0.213 e. The van der Waals surface area contributed by atoms with E-state index in [9.17, 15) is 9.32 Å². The average Bonchev–Trinajstić information content (AvgIpc) is 2.64. The number of rotatable bonds is 2. The molecule has 3 fully saturated rings. The smallest absolute Gasteiger partial charge is 0.213 e. The molecule has 0 atom stereocenters. The summed E-state index contributed by atoms with van der Waals surface area (Å²) in [5.74, 6) is 1.56. The predicted octanol–water partition coefficient (Wildman–Crippen LogP) is 2.67. The summed E-state index contributed by atoms with van der Waals surface area (Å²) in [5.41, 5.74) is 1.05. The van der Waals surface area contributed by atoms with Gasteiger partial charge in [0.05, 0.1) is 12.2 Å². The summed E-state index contributed by atoms with van der Waals surface area (Å²) in [4.78, 5) is 2.60. The molecule has 6 heteroatoms. The van der Waals surface area contributed by atoms with Crippen LogP contribution >= 0.6 is 0 Å². The van der Waals surface area contributed by atoms with Crippen LogP contribution in [0.3, 0.4) is 0 Å². The monoisotopic (exact) mass is 391 g/mol. The Bertz CT molecular complexity index is 730. The molecule has 1 saturated carbocycles. The summed E-state index contributed by atoms with van der Waals surface area (Å²) in [6.07, 6.45) is 7.01. The van der Waals surface area contributed by atoms with Gasteiger partial charge < -0.3 is 14.6 Å². The molecule has 5 rings (SSSR count). The first kappa shape index (κ1) is 18.1. The molecule has 1 N–H and O–H groups in total. The largest absolute Gasteiger partial charge is 0.462 e. The van der Waals surface area contributed by atoms with Crippen molar-refractivity contribution in [2.75, 3.05) is 24.6 Å². The summed E-state index contributed by atoms with van der Waals surface area (Å²) in [6.45, 7) is 2.64. The zero-order chi connectivity index (χ0) is 18.5. The lowest BCUT2D eigenvalue weighted by atomic mass is 9.86. The second kappa shape index (κ2) is 6.83. The number of nitrogens with zero attached hydrogens (tertiary/aromatic N) is 1. The van der Waals surface area contributed by atoms with Crippen LogP contribution in [0.25, 0.3) is 0 Å². The molecular weight excluding hydrogens is 362 g/mol. The van der Waals surface area contributed by atoms with Crippen molar-refractivity contribution < 1.29 is 18.8 Å². The summed E-state index contributed by atoms with van der Waals surface area (Å²) in [7, 11) is -0.787. The first-order chi connectivity index (χ1) is 13.1. The first-order valence-corrected chi connectivity index (χ1v) is 11.8. The van der Waals surface area contributed by atoms with E-state index in [1.807, 2.05) is 18.2 Å². The fourth-order valence-electron chi connectivity index (χ4n) is 4.83. The van der Waals surface area contributed by atoms with Crippen LogP contribution < -0.4 is 4.74 Å². The van der Waals surface area contributed by atoms with Crippen LogP contribution in [0.5, 0.6) is 5.75 Å². The lowest BCUT2D eigenvalue weighted by Crippen LogP contribution is -2.54. The Balaban J connectivity index is 1.29. The molecule has 1 aliphatic carbocycles. The van der Waals surface area contributed by atoms with Gasteiger partial charge in [-0.1, -0.05) is 12.5 Å². The van der Waals surface area contributed by atoms with Crippen molar-refractivity contribution in [3.63, 3.8) is 0 Å². The lowest BCUT2D eigenvalue weighted by Gasteiger charge is -2.47. The molecule has 1 spiro atoms. The molecule has 3 heterocycles. The predicted molar refractivity (Wildman–Crippen MR) is 104 cm³/mol. The van der Waals surface area contributed by atoms with E-state index in [4.69, 9.17) is 9.47 Å². The van der Waals surface area contributed by atoms with Crippen molar-refractivity contribution >= 4 is 10.8 Å². The van der Waals surface area contributed by atoms with Crippen LogP contribution in [-0.4, -0.2) is 50.6 Å². The molecule has 2 saturated heterocycles. The van der Waals surface area contributed by atoms with Crippen LogP contribution in [0.15, 0.2) is 18.2 Å². The molecule has 0 radical (unpaired) electrons. The van der Waals surface area contributed by atoms with Crippen molar-refractivity contribution in [1.29, 1.82) is 0 Å². The van der Waals surface area contributed by atoms with E-state index >= 15 is 0 Å². The number of aliphatic hydroxyl groups is 1. The minimum absolute atomic E-state index is 0.479. The maximum absolute atomic E-state index is 11.6. The lowest BCUT2D eigenvalue weighted by molar-refractivity contribution is -0.231. The number of hydrogen-bond acceptors (Lipinski definition) is 5. The molecule has 1 aromatic rings. The number of fused-ring (bicyclic) bond motifs is 1. The zero-order valence-corrected chi connectivity index (χ0v) is 16.6. The third-order valence-corrected chi connectivity index (χ3v) is 8.34. The van der Waals surface area contributed by atoms with Gasteiger partial charge in [-0.25, -0.2) is 0 Å². The van der Waals surface area contributed by atoms with E-state index in [-0.39, 0.29) is 0 Å². The highest BCUT2D eigenvalue weighted by molar-refractivity contribution is 7.85. The van der Waals surface area contributed by atoms with Gasteiger partial charge in [0.1, 0.15) is 5.75 Å². The maximum atomic E-state index is 11.6. The summed E-state index contributed by atoms with van der Waals surface area (Å²) < 4.78 is 24.2. The van der Waals surface area contributed by atoms with Crippen LogP contribution in [0.2, 0.25) is 0 Å². The number of hydrogen-bond donors (Lipinski definition) is 1. The Morgan fingerprint density at radius 2 is 1.85 bits per heavy atom. The fraction of sp³-hybridized carbons (Fsp3) is 0.714. The Kier molecular flexibility index (Phi) is 4.58. The van der Waals surface area contributed by atoms with Gasteiger partial charge in [-0.2, -0.15) is 0 Å². The zero-order valence-electron chi connectivity index (χ0n) is 15.8. The van der Waals surface area contributed by atoms with Gasteiger partial charge in [0.2, 0.25) is 5.79 Å². The molecule has 3 aliphatic heterocycles. The summed E-state index contributed by atoms with van der Waals surface area (Å²) in [6, 6.07) is 6.79. The van der Waals surface area contributed by atoms with Crippen molar-refractivity contribution in [3.8, 4) is 5.75 Å². The van der Waals surface area contributed by atoms with Crippen LogP contribution in [0.1, 0.15) is 56.1 Å². The SMILES string of the molecule is O=S1CCC(O)(c2ccc3c(c2)COC2(CCN(C4CCC4)CC2)O3)CC1. The van der Waals surface area contributed by atoms with Gasteiger partial charge in [0.25, 0.3) is 0 Å². The second-order valence-electron chi connectivity index (χ2n) is 8.62.